The Morgan fingerprint density at radius 1 is 1.56 bits per heavy atom. The number of carbonyl (C=O) groups excluding carboxylic acids is 1. The minimum Gasteiger partial charge on any atom is -0.353 e. The van der Waals surface area contributed by atoms with E-state index >= 15 is 0 Å². The monoisotopic (exact) mass is 221 g/mol. The van der Waals surface area contributed by atoms with E-state index in [4.69, 9.17) is 5.26 Å². The molecule has 0 radical (unpaired) electrons. The van der Waals surface area contributed by atoms with Crippen LogP contribution in [0.2, 0.25) is 0 Å². The lowest BCUT2D eigenvalue weighted by molar-refractivity contribution is -0.124. The standard InChI is InChI=1S/C12H19N3O/c1-2-15(10-3-4-10)8-7-14-11(16)12(9-13)5-6-12/h10H,2-8H2,1H3,(H,14,16). The highest BCUT2D eigenvalue weighted by Crippen LogP contribution is 2.44. The normalized spacial score (nSPS) is 21.6. The van der Waals surface area contributed by atoms with Crippen molar-refractivity contribution in [3.8, 4) is 6.07 Å². The fourth-order valence-corrected chi connectivity index (χ4v) is 2.04. The van der Waals surface area contributed by atoms with Crippen LogP contribution in [0.15, 0.2) is 0 Å². The van der Waals surface area contributed by atoms with E-state index in [-0.39, 0.29) is 5.91 Å². The zero-order valence-electron chi connectivity index (χ0n) is 9.83. The van der Waals surface area contributed by atoms with Gasteiger partial charge in [0, 0.05) is 19.1 Å². The lowest BCUT2D eigenvalue weighted by atomic mass is 10.1. The fourth-order valence-electron chi connectivity index (χ4n) is 2.04. The average Bonchev–Trinajstić information content (AvgIpc) is 3.18. The molecule has 1 amide bonds. The second-order valence-electron chi connectivity index (χ2n) is 4.81. The molecule has 2 rings (SSSR count). The van der Waals surface area contributed by atoms with E-state index in [2.05, 4.69) is 23.2 Å². The van der Waals surface area contributed by atoms with E-state index in [1.807, 2.05) is 0 Å². The summed E-state index contributed by atoms with van der Waals surface area (Å²) in [5, 5.41) is 11.7. The summed E-state index contributed by atoms with van der Waals surface area (Å²) in [6.45, 7) is 4.78. The first kappa shape index (κ1) is 11.4. The second-order valence-corrected chi connectivity index (χ2v) is 4.81. The van der Waals surface area contributed by atoms with Crippen LogP contribution in [0.4, 0.5) is 0 Å². The average molecular weight is 221 g/mol. The number of likely N-dealkylation sites (N-methyl/N-ethyl adjacent to an activating group) is 1. The number of hydrogen-bond acceptors (Lipinski definition) is 3. The van der Waals surface area contributed by atoms with Gasteiger partial charge in [0.15, 0.2) is 0 Å². The first-order valence-electron chi connectivity index (χ1n) is 6.15. The first-order chi connectivity index (χ1) is 7.72. The number of nitrogens with zero attached hydrogens (tertiary/aromatic N) is 2. The topological polar surface area (TPSA) is 56.1 Å². The molecule has 0 aromatic rings. The van der Waals surface area contributed by atoms with Gasteiger partial charge in [-0.2, -0.15) is 5.26 Å². The molecule has 2 aliphatic carbocycles. The van der Waals surface area contributed by atoms with Crippen LogP contribution >= 0.6 is 0 Å². The molecule has 0 aromatic carbocycles. The Morgan fingerprint density at radius 3 is 2.69 bits per heavy atom. The molecule has 2 fully saturated rings. The third-order valence-electron chi connectivity index (χ3n) is 3.55. The van der Waals surface area contributed by atoms with Crippen LogP contribution < -0.4 is 5.32 Å². The largest absolute Gasteiger partial charge is 0.353 e. The van der Waals surface area contributed by atoms with Crippen molar-refractivity contribution >= 4 is 5.91 Å². The van der Waals surface area contributed by atoms with Gasteiger partial charge in [0.25, 0.3) is 0 Å². The third-order valence-corrected chi connectivity index (χ3v) is 3.55. The van der Waals surface area contributed by atoms with Crippen molar-refractivity contribution in [3.63, 3.8) is 0 Å². The molecule has 0 heterocycles. The van der Waals surface area contributed by atoms with E-state index in [9.17, 15) is 4.79 Å². The summed E-state index contributed by atoms with van der Waals surface area (Å²) in [7, 11) is 0. The highest BCUT2D eigenvalue weighted by Gasteiger charge is 2.50. The van der Waals surface area contributed by atoms with E-state index < -0.39 is 5.41 Å². The zero-order chi connectivity index (χ0) is 11.6. The maximum Gasteiger partial charge on any atom is 0.240 e. The molecular weight excluding hydrogens is 202 g/mol. The summed E-state index contributed by atoms with van der Waals surface area (Å²) < 4.78 is 0. The molecule has 0 spiro atoms. The molecule has 2 aliphatic rings. The molecule has 0 aliphatic heterocycles. The molecule has 16 heavy (non-hydrogen) atoms. The number of hydrogen-bond donors (Lipinski definition) is 1. The van der Waals surface area contributed by atoms with Gasteiger partial charge >= 0.3 is 0 Å². The van der Waals surface area contributed by atoms with Gasteiger partial charge in [0.1, 0.15) is 5.41 Å². The Balaban J connectivity index is 1.68. The molecule has 4 heteroatoms. The van der Waals surface area contributed by atoms with E-state index in [1.54, 1.807) is 0 Å². The van der Waals surface area contributed by atoms with Crippen molar-refractivity contribution in [2.45, 2.75) is 38.6 Å². The van der Waals surface area contributed by atoms with E-state index in [0.29, 0.717) is 6.54 Å². The molecule has 0 bridgehead atoms. The van der Waals surface area contributed by atoms with Crippen molar-refractivity contribution in [2.24, 2.45) is 5.41 Å². The molecule has 4 nitrogen and oxygen atoms in total. The molecular formula is C12H19N3O. The number of rotatable bonds is 6. The van der Waals surface area contributed by atoms with E-state index in [1.165, 1.54) is 12.8 Å². The quantitative estimate of drug-likeness (QED) is 0.724. The maximum atomic E-state index is 11.7. The molecule has 0 aromatic heterocycles. The minimum atomic E-state index is -0.670. The Labute approximate surface area is 96.6 Å². The van der Waals surface area contributed by atoms with Crippen LogP contribution in [0.5, 0.6) is 0 Å². The fraction of sp³-hybridized carbons (Fsp3) is 0.833. The van der Waals surface area contributed by atoms with Gasteiger partial charge in [-0.25, -0.2) is 0 Å². The minimum absolute atomic E-state index is 0.0677. The van der Waals surface area contributed by atoms with Gasteiger partial charge in [-0.1, -0.05) is 6.92 Å². The second kappa shape index (κ2) is 4.42. The summed E-state index contributed by atoms with van der Waals surface area (Å²) in [4.78, 5) is 14.1. The molecule has 0 saturated heterocycles. The zero-order valence-corrected chi connectivity index (χ0v) is 9.83. The Kier molecular flexibility index (Phi) is 3.15. The van der Waals surface area contributed by atoms with Gasteiger partial charge in [-0.05, 0) is 32.2 Å². The smallest absolute Gasteiger partial charge is 0.240 e. The first-order valence-corrected chi connectivity index (χ1v) is 6.15. The van der Waals surface area contributed by atoms with Crippen molar-refractivity contribution in [3.05, 3.63) is 0 Å². The predicted octanol–water partition coefficient (Wildman–Crippen LogP) is 0.891. The Hall–Kier alpha value is -1.08. The Bertz CT molecular complexity index is 313. The predicted molar refractivity (Wildman–Crippen MR) is 60.6 cm³/mol. The van der Waals surface area contributed by atoms with Crippen molar-refractivity contribution in [1.82, 2.24) is 10.2 Å². The van der Waals surface area contributed by atoms with E-state index in [0.717, 1.165) is 32.0 Å². The van der Waals surface area contributed by atoms with Gasteiger partial charge in [-0.3, -0.25) is 9.69 Å². The molecule has 2 saturated carbocycles. The Morgan fingerprint density at radius 2 is 2.25 bits per heavy atom. The number of amides is 1. The summed E-state index contributed by atoms with van der Waals surface area (Å²) >= 11 is 0. The number of carbonyl (C=O) groups is 1. The lowest BCUT2D eigenvalue weighted by Crippen LogP contribution is -2.38. The SMILES string of the molecule is CCN(CCNC(=O)C1(C#N)CC1)C1CC1. The molecule has 1 N–H and O–H groups in total. The number of nitrogens with one attached hydrogen (secondary N) is 1. The maximum absolute atomic E-state index is 11.7. The van der Waals surface area contributed by atoms with Crippen molar-refractivity contribution in [1.29, 1.82) is 5.26 Å². The highest BCUT2D eigenvalue weighted by atomic mass is 16.2. The number of nitriles is 1. The van der Waals surface area contributed by atoms with Crippen LogP contribution in [0.1, 0.15) is 32.6 Å². The molecule has 0 atom stereocenters. The van der Waals surface area contributed by atoms with Crippen LogP contribution in [-0.4, -0.2) is 36.5 Å². The van der Waals surface area contributed by atoms with Crippen LogP contribution in [0.25, 0.3) is 0 Å². The van der Waals surface area contributed by atoms with Crippen LogP contribution in [0.3, 0.4) is 0 Å². The van der Waals surface area contributed by atoms with Gasteiger partial charge in [-0.15, -0.1) is 0 Å². The summed E-state index contributed by atoms with van der Waals surface area (Å²) in [5.41, 5.74) is -0.670. The van der Waals surface area contributed by atoms with Crippen molar-refractivity contribution < 1.29 is 4.79 Å². The van der Waals surface area contributed by atoms with Gasteiger partial charge < -0.3 is 5.32 Å². The third kappa shape index (κ3) is 2.35. The van der Waals surface area contributed by atoms with Crippen LogP contribution in [-0.2, 0) is 4.79 Å². The van der Waals surface area contributed by atoms with Gasteiger partial charge in [0.05, 0.1) is 6.07 Å². The summed E-state index contributed by atoms with van der Waals surface area (Å²) in [6.07, 6.45) is 4.05. The summed E-state index contributed by atoms with van der Waals surface area (Å²) in [5.74, 6) is -0.0677. The summed E-state index contributed by atoms with van der Waals surface area (Å²) in [6, 6.07) is 2.86. The van der Waals surface area contributed by atoms with Crippen molar-refractivity contribution in [2.75, 3.05) is 19.6 Å². The molecule has 0 unspecified atom stereocenters. The highest BCUT2D eigenvalue weighted by molar-refractivity contribution is 5.88. The van der Waals surface area contributed by atoms with Crippen LogP contribution in [0, 0.1) is 16.7 Å². The molecule has 88 valence electrons. The van der Waals surface area contributed by atoms with Gasteiger partial charge in [0.2, 0.25) is 5.91 Å². The lowest BCUT2D eigenvalue weighted by Gasteiger charge is -2.20.